The first-order valence-electron chi connectivity index (χ1n) is 5.08. The van der Waals surface area contributed by atoms with Crippen LogP contribution in [0.15, 0.2) is 0 Å². The van der Waals surface area contributed by atoms with Crippen molar-refractivity contribution in [1.29, 1.82) is 0 Å². The summed E-state index contributed by atoms with van der Waals surface area (Å²) in [5.74, 6) is -0.488. The molecule has 0 spiro atoms. The van der Waals surface area contributed by atoms with Crippen molar-refractivity contribution in [3.8, 4) is 0 Å². The Balaban J connectivity index is 2.04. The molecule has 3 aliphatic heterocycles. The summed E-state index contributed by atoms with van der Waals surface area (Å²) in [5, 5.41) is 0.948. The Morgan fingerprint density at radius 1 is 1.21 bits per heavy atom. The third-order valence-corrected chi connectivity index (χ3v) is 3.47. The molecule has 3 fully saturated rings. The van der Waals surface area contributed by atoms with Crippen LogP contribution in [0.2, 0.25) is 0 Å². The predicted molar refractivity (Wildman–Crippen MR) is 56.3 cm³/mol. The van der Waals surface area contributed by atoms with E-state index in [0.29, 0.717) is 0 Å². The van der Waals surface area contributed by atoms with E-state index in [1.54, 1.807) is 0 Å². The molecule has 0 aliphatic carbocycles. The number of alkyl halides is 1. The maximum atomic E-state index is 5.72. The summed E-state index contributed by atoms with van der Waals surface area (Å²) in [6.07, 6.45) is 0.997. The van der Waals surface area contributed by atoms with Gasteiger partial charge >= 0.3 is 0 Å². The highest BCUT2D eigenvalue weighted by Gasteiger charge is 2.52. The normalized spacial score (nSPS) is 43.9. The van der Waals surface area contributed by atoms with Crippen LogP contribution in [0.5, 0.6) is 0 Å². The average Bonchev–Trinajstić information content (AvgIpc) is 2.20. The second kappa shape index (κ2) is 3.74. The van der Waals surface area contributed by atoms with E-state index in [0.717, 1.165) is 31.6 Å². The molecule has 0 aromatic heterocycles. The van der Waals surface area contributed by atoms with Crippen LogP contribution in [0, 0.1) is 11.3 Å². The summed E-state index contributed by atoms with van der Waals surface area (Å²) in [4.78, 5) is 0. The van der Waals surface area contributed by atoms with Gasteiger partial charge in [-0.2, -0.15) is 0 Å². The molecule has 4 heteroatoms. The topological polar surface area (TPSA) is 27.7 Å². The lowest BCUT2D eigenvalue weighted by molar-refractivity contribution is -0.482. The second-order valence-electron chi connectivity index (χ2n) is 4.66. The Bertz CT molecular complexity index is 195. The molecule has 0 aromatic carbocycles. The summed E-state index contributed by atoms with van der Waals surface area (Å²) in [6, 6.07) is 0. The van der Waals surface area contributed by atoms with E-state index >= 15 is 0 Å². The standard InChI is InChI=1S/C10H17BrO3/c1-8(3-4-11)10-12-5-9(2,6-13-10)7-14-10/h8H,3-7H2,1-2H3. The highest BCUT2D eigenvalue weighted by atomic mass is 79.9. The van der Waals surface area contributed by atoms with Gasteiger partial charge in [0.1, 0.15) is 0 Å². The van der Waals surface area contributed by atoms with Crippen LogP contribution in [0.25, 0.3) is 0 Å². The highest BCUT2D eigenvalue weighted by Crippen LogP contribution is 2.42. The predicted octanol–water partition coefficient (Wildman–Crippen LogP) is 2.14. The molecule has 3 heterocycles. The van der Waals surface area contributed by atoms with Crippen LogP contribution in [0.4, 0.5) is 0 Å². The molecule has 82 valence electrons. The number of rotatable bonds is 3. The van der Waals surface area contributed by atoms with Gasteiger partial charge in [0.15, 0.2) is 0 Å². The minimum absolute atomic E-state index is 0.0653. The van der Waals surface area contributed by atoms with E-state index in [9.17, 15) is 0 Å². The molecule has 1 unspecified atom stereocenters. The van der Waals surface area contributed by atoms with Crippen molar-refractivity contribution in [2.75, 3.05) is 25.2 Å². The highest BCUT2D eigenvalue weighted by molar-refractivity contribution is 9.09. The molecule has 0 radical (unpaired) electrons. The van der Waals surface area contributed by atoms with Crippen LogP contribution in [-0.2, 0) is 14.2 Å². The lowest BCUT2D eigenvalue weighted by atomic mass is 9.90. The minimum Gasteiger partial charge on any atom is -0.326 e. The zero-order valence-corrected chi connectivity index (χ0v) is 10.3. The van der Waals surface area contributed by atoms with Gasteiger partial charge < -0.3 is 14.2 Å². The Hall–Kier alpha value is 0.360. The first-order valence-corrected chi connectivity index (χ1v) is 6.20. The van der Waals surface area contributed by atoms with Crippen molar-refractivity contribution in [3.05, 3.63) is 0 Å². The van der Waals surface area contributed by atoms with Gasteiger partial charge in [0.05, 0.1) is 19.8 Å². The van der Waals surface area contributed by atoms with Crippen molar-refractivity contribution in [2.45, 2.75) is 26.2 Å². The van der Waals surface area contributed by atoms with Gasteiger partial charge in [0.25, 0.3) is 5.97 Å². The van der Waals surface area contributed by atoms with Gasteiger partial charge in [-0.25, -0.2) is 0 Å². The molecule has 0 saturated carbocycles. The molecule has 0 N–H and O–H groups in total. The van der Waals surface area contributed by atoms with Gasteiger partial charge in [-0.15, -0.1) is 0 Å². The molecular formula is C10H17BrO3. The van der Waals surface area contributed by atoms with Crippen molar-refractivity contribution in [3.63, 3.8) is 0 Å². The lowest BCUT2D eigenvalue weighted by Gasteiger charge is -2.52. The summed E-state index contributed by atoms with van der Waals surface area (Å²) < 4.78 is 17.1. The van der Waals surface area contributed by atoms with Crippen LogP contribution >= 0.6 is 15.9 Å². The fourth-order valence-electron chi connectivity index (χ4n) is 1.84. The third kappa shape index (κ3) is 1.73. The number of fused-ring (bicyclic) bond motifs is 3. The maximum Gasteiger partial charge on any atom is 0.285 e. The van der Waals surface area contributed by atoms with E-state index in [1.807, 2.05) is 0 Å². The average molecular weight is 265 g/mol. The number of ether oxygens (including phenoxy) is 3. The Kier molecular flexibility index (Phi) is 2.90. The molecule has 0 amide bonds. The third-order valence-electron chi connectivity index (χ3n) is 3.01. The SMILES string of the molecule is CC(CCBr)C12OCC(C)(CO1)CO2. The van der Waals surface area contributed by atoms with Crippen LogP contribution in [0.3, 0.4) is 0 Å². The van der Waals surface area contributed by atoms with Crippen molar-refractivity contribution in [1.82, 2.24) is 0 Å². The van der Waals surface area contributed by atoms with E-state index in [2.05, 4.69) is 29.8 Å². The zero-order valence-electron chi connectivity index (χ0n) is 8.72. The maximum absolute atomic E-state index is 5.72. The Morgan fingerprint density at radius 2 is 1.71 bits per heavy atom. The van der Waals surface area contributed by atoms with Crippen molar-refractivity contribution >= 4 is 15.9 Å². The van der Waals surface area contributed by atoms with E-state index in [1.165, 1.54) is 0 Å². The number of halogens is 1. The number of hydrogen-bond acceptors (Lipinski definition) is 3. The molecule has 2 bridgehead atoms. The molecule has 3 rings (SSSR count). The molecule has 3 saturated heterocycles. The van der Waals surface area contributed by atoms with Crippen LogP contribution < -0.4 is 0 Å². The largest absolute Gasteiger partial charge is 0.326 e. The molecule has 3 aliphatic rings. The van der Waals surface area contributed by atoms with Crippen molar-refractivity contribution in [2.24, 2.45) is 11.3 Å². The van der Waals surface area contributed by atoms with Gasteiger partial charge in [0, 0.05) is 16.7 Å². The fraction of sp³-hybridized carbons (Fsp3) is 1.00. The molecule has 0 aromatic rings. The first-order chi connectivity index (χ1) is 6.60. The van der Waals surface area contributed by atoms with E-state index in [-0.39, 0.29) is 11.3 Å². The Morgan fingerprint density at radius 3 is 2.14 bits per heavy atom. The summed E-state index contributed by atoms with van der Waals surface area (Å²) in [6.45, 7) is 6.49. The number of hydrogen-bond donors (Lipinski definition) is 0. The van der Waals surface area contributed by atoms with E-state index < -0.39 is 5.97 Å². The lowest BCUT2D eigenvalue weighted by Crippen LogP contribution is -2.61. The van der Waals surface area contributed by atoms with Gasteiger partial charge in [-0.1, -0.05) is 29.8 Å². The molecular weight excluding hydrogens is 248 g/mol. The Labute approximate surface area is 93.2 Å². The second-order valence-corrected chi connectivity index (χ2v) is 5.45. The first kappa shape index (κ1) is 10.9. The summed E-state index contributed by atoms with van der Waals surface area (Å²) in [7, 11) is 0. The monoisotopic (exact) mass is 264 g/mol. The minimum atomic E-state index is -0.758. The quantitative estimate of drug-likeness (QED) is 0.732. The van der Waals surface area contributed by atoms with Crippen LogP contribution in [-0.4, -0.2) is 31.1 Å². The molecule has 1 atom stereocenters. The van der Waals surface area contributed by atoms with Gasteiger partial charge in [0.2, 0.25) is 0 Å². The zero-order chi connectivity index (χ0) is 10.2. The summed E-state index contributed by atoms with van der Waals surface area (Å²) >= 11 is 3.43. The van der Waals surface area contributed by atoms with Crippen LogP contribution in [0.1, 0.15) is 20.3 Å². The molecule has 3 nitrogen and oxygen atoms in total. The van der Waals surface area contributed by atoms with Crippen molar-refractivity contribution < 1.29 is 14.2 Å². The summed E-state index contributed by atoms with van der Waals surface area (Å²) in [5.41, 5.74) is 0.0653. The molecule has 14 heavy (non-hydrogen) atoms. The van der Waals surface area contributed by atoms with Gasteiger partial charge in [-0.3, -0.25) is 0 Å². The van der Waals surface area contributed by atoms with Gasteiger partial charge in [-0.05, 0) is 6.42 Å². The smallest absolute Gasteiger partial charge is 0.285 e. The van der Waals surface area contributed by atoms with E-state index in [4.69, 9.17) is 14.2 Å². The fourth-order valence-corrected chi connectivity index (χ4v) is 2.53.